The van der Waals surface area contributed by atoms with Crippen LogP contribution in [0.2, 0.25) is 0 Å². The molecule has 70 heavy (non-hydrogen) atoms. The summed E-state index contributed by atoms with van der Waals surface area (Å²) in [7, 11) is 4.28. The van der Waals surface area contributed by atoms with Crippen molar-refractivity contribution in [2.24, 2.45) is 5.73 Å². The van der Waals surface area contributed by atoms with Crippen molar-refractivity contribution in [1.82, 2.24) is 39.8 Å². The number of alkyl halides is 2. The maximum Gasteiger partial charge on any atom is 0.324 e. The zero-order valence-corrected chi connectivity index (χ0v) is 40.3. The number of urea groups is 2. The Kier molecular flexibility index (Phi) is 17.0. The summed E-state index contributed by atoms with van der Waals surface area (Å²) in [5.74, 6) is -0.887. The first-order chi connectivity index (χ1) is 34.0. The van der Waals surface area contributed by atoms with E-state index in [1.165, 1.54) is 18.3 Å². The maximum absolute atomic E-state index is 13.6. The number of nitrogens with zero attached hydrogens (tertiary/aromatic N) is 12. The quantitative estimate of drug-likeness (QED) is 0.127. The molecular weight excluding hydrogens is 897 g/mol. The van der Waals surface area contributed by atoms with Crippen LogP contribution in [0.15, 0.2) is 89.6 Å². The van der Waals surface area contributed by atoms with Crippen molar-refractivity contribution in [3.05, 3.63) is 108 Å². The fraction of sp³-hybridized carbons (Fsp3) is 0.471. The Hall–Kier alpha value is -6.57. The SMILES string of the molecule is CN1CCN(c2ccc(N(Cc3ccc(-c4nnc(C(F)F)o4)cn3)C(=O)N3CCCCC3)cc2)CC1.CN1CCN(c2ccc(N(Cc3ccc(C(=O)CN)cn3)C(=O)N3CCCCC3)cc2)CC1. The number of piperidine rings is 2. The number of hydrogen-bond acceptors (Lipinski definition) is 13. The molecule has 4 fully saturated rings. The number of pyridine rings is 2. The van der Waals surface area contributed by atoms with Crippen LogP contribution in [-0.2, 0) is 13.1 Å². The van der Waals surface area contributed by atoms with E-state index in [4.69, 9.17) is 10.2 Å². The lowest BCUT2D eigenvalue weighted by Crippen LogP contribution is -2.45. The highest BCUT2D eigenvalue weighted by Crippen LogP contribution is 2.28. The highest BCUT2D eigenvalue weighted by molar-refractivity contribution is 5.97. The van der Waals surface area contributed by atoms with E-state index in [1.54, 1.807) is 40.3 Å². The molecule has 4 aliphatic rings. The summed E-state index contributed by atoms with van der Waals surface area (Å²) < 4.78 is 30.6. The smallest absolute Gasteiger partial charge is 0.324 e. The van der Waals surface area contributed by atoms with E-state index in [-0.39, 0.29) is 36.8 Å². The number of anilines is 4. The average molecular weight is 962 g/mol. The summed E-state index contributed by atoms with van der Waals surface area (Å²) in [4.78, 5) is 64.6. The van der Waals surface area contributed by atoms with E-state index in [2.05, 4.69) is 78.1 Å². The summed E-state index contributed by atoms with van der Waals surface area (Å²) in [5.41, 5.74) is 11.8. The lowest BCUT2D eigenvalue weighted by atomic mass is 10.1. The standard InChI is InChI=1S/C26H31F2N7O2.C25H34N6O2/c1-32-13-15-33(16-14-32)21-7-9-22(10-8-21)35(26(36)34-11-3-2-4-12-34)18-20-6-5-19(17-29-20)24-30-31-25(37-24)23(27)28;1-28-13-15-29(16-14-28)22-7-9-23(10-8-22)31(25(33)30-11-3-2-4-12-30)19-21-6-5-20(18-27-21)24(32)17-26/h5-10,17,23H,2-4,11-16,18H2,1H3;5-10,18H,2-4,11-17,19,26H2,1H3. The summed E-state index contributed by atoms with van der Waals surface area (Å²) in [6, 6.07) is 23.3. The van der Waals surface area contributed by atoms with Crippen molar-refractivity contribution in [1.29, 1.82) is 0 Å². The van der Waals surface area contributed by atoms with Gasteiger partial charge in [-0.3, -0.25) is 24.6 Å². The Bertz CT molecular complexity index is 2450. The Morgan fingerprint density at radius 3 is 1.43 bits per heavy atom. The van der Waals surface area contributed by atoms with Crippen LogP contribution in [0.3, 0.4) is 0 Å². The van der Waals surface area contributed by atoms with Crippen molar-refractivity contribution in [3.63, 3.8) is 0 Å². The molecule has 0 spiro atoms. The molecule has 7 heterocycles. The van der Waals surface area contributed by atoms with Gasteiger partial charge < -0.3 is 39.6 Å². The number of benzene rings is 2. The first kappa shape index (κ1) is 49.8. The molecule has 0 aliphatic carbocycles. The predicted molar refractivity (Wildman–Crippen MR) is 266 cm³/mol. The third kappa shape index (κ3) is 12.8. The van der Waals surface area contributed by atoms with Crippen molar-refractivity contribution >= 4 is 40.6 Å². The molecule has 0 saturated carbocycles. The molecule has 0 bridgehead atoms. The lowest BCUT2D eigenvalue weighted by Gasteiger charge is -2.35. The van der Waals surface area contributed by atoms with Gasteiger partial charge in [0, 0.05) is 119 Å². The molecule has 4 saturated heterocycles. The highest BCUT2D eigenvalue weighted by atomic mass is 19.3. The van der Waals surface area contributed by atoms with Gasteiger partial charge in [0.05, 0.1) is 36.6 Å². The first-order valence-electron chi connectivity index (χ1n) is 24.5. The van der Waals surface area contributed by atoms with E-state index < -0.39 is 12.3 Å². The number of aromatic nitrogens is 4. The van der Waals surface area contributed by atoms with Gasteiger partial charge in [0.2, 0.25) is 5.89 Å². The second-order valence-corrected chi connectivity index (χ2v) is 18.4. The number of Topliss-reactive ketones (excluding diaryl/α,β-unsaturated/α-hetero) is 1. The largest absolute Gasteiger partial charge is 0.415 e. The zero-order chi connectivity index (χ0) is 49.0. The minimum atomic E-state index is -2.83. The number of amides is 4. The van der Waals surface area contributed by atoms with Gasteiger partial charge in [-0.2, -0.15) is 8.78 Å². The topological polar surface area (TPSA) is 168 Å². The number of likely N-dealkylation sites (tertiary alicyclic amines) is 2. The van der Waals surface area contributed by atoms with Crippen molar-refractivity contribution in [2.45, 2.75) is 58.0 Å². The Balaban J connectivity index is 0.000000190. The summed E-state index contributed by atoms with van der Waals surface area (Å²) in [6.45, 7) is 11.7. The van der Waals surface area contributed by atoms with Crippen LogP contribution < -0.4 is 25.3 Å². The van der Waals surface area contributed by atoms with E-state index in [9.17, 15) is 23.2 Å². The van der Waals surface area contributed by atoms with Crippen molar-refractivity contribution in [3.8, 4) is 11.5 Å². The monoisotopic (exact) mass is 962 g/mol. The Morgan fingerprint density at radius 2 is 1.04 bits per heavy atom. The van der Waals surface area contributed by atoms with Crippen molar-refractivity contribution < 1.29 is 27.6 Å². The number of halogens is 2. The number of carbonyl (C=O) groups excluding carboxylic acids is 3. The Labute approximate surface area is 408 Å². The van der Waals surface area contributed by atoms with Gasteiger partial charge in [0.25, 0.3) is 5.89 Å². The summed E-state index contributed by atoms with van der Waals surface area (Å²) in [6.07, 6.45) is 6.59. The third-order valence-electron chi connectivity index (χ3n) is 13.4. The van der Waals surface area contributed by atoms with Crippen LogP contribution in [0.25, 0.3) is 11.5 Å². The van der Waals surface area contributed by atoms with Crippen LogP contribution in [0, 0.1) is 0 Å². The van der Waals surface area contributed by atoms with Gasteiger partial charge in [0.15, 0.2) is 5.78 Å². The molecule has 2 N–H and O–H groups in total. The molecule has 4 amide bonds. The van der Waals surface area contributed by atoms with E-state index in [0.717, 1.165) is 133 Å². The van der Waals surface area contributed by atoms with Gasteiger partial charge in [-0.1, -0.05) is 0 Å². The lowest BCUT2D eigenvalue weighted by molar-refractivity contribution is 0.100. The van der Waals surface area contributed by atoms with Crippen LogP contribution in [0.1, 0.15) is 72.6 Å². The molecule has 0 radical (unpaired) electrons. The third-order valence-corrected chi connectivity index (χ3v) is 13.4. The van der Waals surface area contributed by atoms with E-state index >= 15 is 0 Å². The molecule has 5 aromatic rings. The maximum atomic E-state index is 13.6. The average Bonchev–Trinajstić information content (AvgIpc) is 3.92. The first-order valence-corrected chi connectivity index (χ1v) is 24.5. The molecule has 2 aromatic carbocycles. The molecule has 0 atom stereocenters. The molecule has 17 nitrogen and oxygen atoms in total. The molecule has 9 rings (SSSR count). The van der Waals surface area contributed by atoms with Gasteiger partial charge >= 0.3 is 18.5 Å². The number of likely N-dealkylation sites (N-methyl/N-ethyl adjacent to an activating group) is 2. The highest BCUT2D eigenvalue weighted by Gasteiger charge is 2.27. The van der Waals surface area contributed by atoms with Crippen LogP contribution in [0.4, 0.5) is 41.1 Å². The van der Waals surface area contributed by atoms with E-state index in [1.807, 2.05) is 34.1 Å². The number of ketones is 1. The number of nitrogens with two attached hydrogens (primary N) is 1. The molecule has 19 heteroatoms. The van der Waals surface area contributed by atoms with Crippen LogP contribution in [-0.4, -0.2) is 157 Å². The zero-order valence-electron chi connectivity index (χ0n) is 40.3. The second kappa shape index (κ2) is 23.8. The summed E-state index contributed by atoms with van der Waals surface area (Å²) in [5, 5.41) is 7.03. The number of piperazine rings is 2. The fourth-order valence-electron chi connectivity index (χ4n) is 9.08. The van der Waals surface area contributed by atoms with Crippen molar-refractivity contribution in [2.75, 3.05) is 119 Å². The normalized spacial score (nSPS) is 17.0. The number of carbonyl (C=O) groups is 3. The molecular formula is C51H65F2N13O4. The fourth-order valence-corrected chi connectivity index (χ4v) is 9.08. The molecule has 372 valence electrons. The second-order valence-electron chi connectivity index (χ2n) is 18.4. The predicted octanol–water partition coefficient (Wildman–Crippen LogP) is 7.02. The van der Waals surface area contributed by atoms with Crippen LogP contribution >= 0.6 is 0 Å². The molecule has 4 aliphatic heterocycles. The Morgan fingerprint density at radius 1 is 0.586 bits per heavy atom. The van der Waals surface area contributed by atoms with Crippen LogP contribution in [0.5, 0.6) is 0 Å². The van der Waals surface area contributed by atoms with Gasteiger partial charge in [-0.05, 0) is 125 Å². The van der Waals surface area contributed by atoms with Gasteiger partial charge in [-0.25, -0.2) is 9.59 Å². The van der Waals surface area contributed by atoms with E-state index in [0.29, 0.717) is 23.4 Å². The molecule has 0 unspecified atom stereocenters. The van der Waals surface area contributed by atoms with Gasteiger partial charge in [0.1, 0.15) is 0 Å². The summed E-state index contributed by atoms with van der Waals surface area (Å²) >= 11 is 0. The molecule has 3 aromatic heterocycles. The minimum absolute atomic E-state index is 0.00552. The number of rotatable bonds is 12. The van der Waals surface area contributed by atoms with Gasteiger partial charge in [-0.15, -0.1) is 10.2 Å². The minimum Gasteiger partial charge on any atom is -0.415 e. The number of hydrogen-bond donors (Lipinski definition) is 1.